The van der Waals surface area contributed by atoms with E-state index in [4.69, 9.17) is 5.10 Å². The summed E-state index contributed by atoms with van der Waals surface area (Å²) >= 11 is 0. The third-order valence-corrected chi connectivity index (χ3v) is 9.42. The Bertz CT molecular complexity index is 1600. The van der Waals surface area contributed by atoms with Crippen LogP contribution in [0.25, 0.3) is 28.2 Å². The van der Waals surface area contributed by atoms with Crippen molar-refractivity contribution in [3.05, 3.63) is 87.7 Å². The Labute approximate surface area is 240 Å². The lowest BCUT2D eigenvalue weighted by molar-refractivity contribution is 0.347. The van der Waals surface area contributed by atoms with E-state index in [9.17, 15) is 5.26 Å². The highest BCUT2D eigenvalue weighted by Crippen LogP contribution is 2.64. The molecule has 1 aromatic heterocycles. The summed E-state index contributed by atoms with van der Waals surface area (Å²) in [4.78, 5) is 0. The molecule has 1 saturated carbocycles. The number of nitriles is 1. The first-order valence-electron chi connectivity index (χ1n) is 14.6. The third-order valence-electron chi connectivity index (χ3n) is 9.42. The van der Waals surface area contributed by atoms with Gasteiger partial charge in [-0.15, -0.1) is 10.2 Å². The van der Waals surface area contributed by atoms with Gasteiger partial charge in [-0.05, 0) is 115 Å². The average molecular weight is 531 g/mol. The molecule has 1 aliphatic rings. The minimum Gasteiger partial charge on any atom is -0.279 e. The van der Waals surface area contributed by atoms with Crippen molar-refractivity contribution in [3.8, 4) is 34.3 Å². The molecule has 4 heteroatoms. The van der Waals surface area contributed by atoms with Gasteiger partial charge in [0.25, 0.3) is 0 Å². The predicted octanol–water partition coefficient (Wildman–Crippen LogP) is 9.12. The number of nitrogens with zero attached hydrogens (tertiary/aromatic N) is 4. The molecule has 40 heavy (non-hydrogen) atoms. The normalized spacial score (nSPS) is 18.6. The zero-order valence-electron chi connectivity index (χ0n) is 25.6. The van der Waals surface area contributed by atoms with Gasteiger partial charge in [0.05, 0.1) is 17.3 Å². The second-order valence-electron chi connectivity index (χ2n) is 12.9. The molecule has 4 nitrogen and oxygen atoms in total. The van der Waals surface area contributed by atoms with E-state index in [1.807, 2.05) is 20.8 Å². The van der Waals surface area contributed by atoms with E-state index in [0.29, 0.717) is 11.3 Å². The maximum atomic E-state index is 9.53. The Morgan fingerprint density at radius 2 is 1.50 bits per heavy atom. The second kappa shape index (κ2) is 10.0. The van der Waals surface area contributed by atoms with Crippen molar-refractivity contribution in [2.75, 3.05) is 0 Å². The molecule has 0 bridgehead atoms. The monoisotopic (exact) mass is 530 g/mol. The summed E-state index contributed by atoms with van der Waals surface area (Å²) in [5.74, 6) is 2.44. The molecule has 2 atom stereocenters. The van der Waals surface area contributed by atoms with E-state index in [-0.39, 0.29) is 5.41 Å². The Morgan fingerprint density at radius 1 is 0.925 bits per heavy atom. The average Bonchev–Trinajstić information content (AvgIpc) is 3.45. The van der Waals surface area contributed by atoms with Gasteiger partial charge < -0.3 is 0 Å². The Morgan fingerprint density at radius 3 is 2.08 bits per heavy atom. The highest BCUT2D eigenvalue weighted by atomic mass is 15.3. The van der Waals surface area contributed by atoms with Crippen molar-refractivity contribution in [2.24, 2.45) is 11.3 Å². The fraction of sp³-hybridized carbons (Fsp3) is 0.417. The molecule has 0 amide bonds. The van der Waals surface area contributed by atoms with Gasteiger partial charge in [0, 0.05) is 5.56 Å². The SMILES string of the molecule is CCC[C@]1(C)CC1C(C)(C)c1ccccc1-c1nnc(C)n1-c1c(C)cc(-c2cc(C)c(C#N)c(C)c2)cc1C. The van der Waals surface area contributed by atoms with Crippen molar-refractivity contribution >= 4 is 0 Å². The van der Waals surface area contributed by atoms with Gasteiger partial charge in [-0.25, -0.2) is 0 Å². The van der Waals surface area contributed by atoms with Crippen LogP contribution in [0.3, 0.4) is 0 Å². The van der Waals surface area contributed by atoms with Crippen molar-refractivity contribution < 1.29 is 0 Å². The van der Waals surface area contributed by atoms with Crippen LogP contribution in [0.5, 0.6) is 0 Å². The first-order chi connectivity index (χ1) is 18.9. The molecule has 0 radical (unpaired) electrons. The van der Waals surface area contributed by atoms with Gasteiger partial charge in [0.2, 0.25) is 0 Å². The minimum absolute atomic E-state index is 0.0322. The van der Waals surface area contributed by atoms with Crippen LogP contribution >= 0.6 is 0 Å². The fourth-order valence-corrected chi connectivity index (χ4v) is 7.40. The standard InChI is InChI=1S/C36H42N4/c1-10-15-36(9)20-32(36)35(7,8)31-14-12-11-13-29(31)34-39-38-26(6)40(34)33-24(4)18-28(19-25(33)5)27-16-22(2)30(21-37)23(3)17-27/h11-14,16-19,32H,10,15,20H2,1-9H3/t32?,36-/m1/s1. The van der Waals surface area contributed by atoms with E-state index >= 15 is 0 Å². The first kappa shape index (κ1) is 27.8. The summed E-state index contributed by atoms with van der Waals surface area (Å²) in [6.07, 6.45) is 3.79. The second-order valence-corrected chi connectivity index (χ2v) is 12.9. The summed E-state index contributed by atoms with van der Waals surface area (Å²) in [5, 5.41) is 18.9. The van der Waals surface area contributed by atoms with E-state index in [1.54, 1.807) is 0 Å². The molecule has 0 spiro atoms. The topological polar surface area (TPSA) is 54.5 Å². The molecule has 0 aliphatic heterocycles. The summed E-state index contributed by atoms with van der Waals surface area (Å²) in [7, 11) is 0. The number of hydrogen-bond donors (Lipinski definition) is 0. The molecule has 1 fully saturated rings. The molecule has 3 aromatic carbocycles. The molecule has 5 rings (SSSR count). The van der Waals surface area contributed by atoms with Crippen LogP contribution < -0.4 is 0 Å². The molecule has 206 valence electrons. The Kier molecular flexibility index (Phi) is 6.99. The lowest BCUT2D eigenvalue weighted by atomic mass is 9.74. The van der Waals surface area contributed by atoms with Gasteiger partial charge in [-0.1, -0.05) is 70.5 Å². The van der Waals surface area contributed by atoms with Crippen molar-refractivity contribution in [1.82, 2.24) is 14.8 Å². The molecule has 0 saturated heterocycles. The van der Waals surface area contributed by atoms with Crippen LogP contribution in [-0.4, -0.2) is 14.8 Å². The van der Waals surface area contributed by atoms with E-state index in [0.717, 1.165) is 45.2 Å². The zero-order chi connectivity index (χ0) is 29.0. The van der Waals surface area contributed by atoms with Crippen LogP contribution in [0, 0.1) is 57.3 Å². The van der Waals surface area contributed by atoms with E-state index < -0.39 is 0 Å². The molecule has 1 unspecified atom stereocenters. The van der Waals surface area contributed by atoms with Crippen molar-refractivity contribution in [1.29, 1.82) is 5.26 Å². The first-order valence-corrected chi connectivity index (χ1v) is 14.6. The largest absolute Gasteiger partial charge is 0.279 e. The summed E-state index contributed by atoms with van der Waals surface area (Å²) in [6.45, 7) is 20.0. The van der Waals surface area contributed by atoms with Gasteiger partial charge in [-0.2, -0.15) is 5.26 Å². The van der Waals surface area contributed by atoms with Gasteiger partial charge in [-0.3, -0.25) is 4.57 Å². The zero-order valence-corrected chi connectivity index (χ0v) is 25.6. The molecule has 1 aliphatic carbocycles. The number of aromatic nitrogens is 3. The molecule has 1 heterocycles. The van der Waals surface area contributed by atoms with Crippen molar-refractivity contribution in [2.45, 2.75) is 87.0 Å². The fourth-order valence-electron chi connectivity index (χ4n) is 7.40. The number of rotatable bonds is 7. The number of aryl methyl sites for hydroxylation is 5. The number of hydrogen-bond acceptors (Lipinski definition) is 3. The lowest BCUT2D eigenvalue weighted by Gasteiger charge is -2.30. The number of benzene rings is 3. The van der Waals surface area contributed by atoms with Crippen LogP contribution in [0.4, 0.5) is 0 Å². The molecule has 0 N–H and O–H groups in total. The molecule has 4 aromatic rings. The summed E-state index contributed by atoms with van der Waals surface area (Å²) in [6, 6.07) is 19.9. The smallest absolute Gasteiger partial charge is 0.168 e. The Hall–Kier alpha value is -3.71. The van der Waals surface area contributed by atoms with Gasteiger partial charge >= 0.3 is 0 Å². The predicted molar refractivity (Wildman–Crippen MR) is 165 cm³/mol. The lowest BCUT2D eigenvalue weighted by Crippen LogP contribution is -2.25. The highest BCUT2D eigenvalue weighted by Gasteiger charge is 2.57. The van der Waals surface area contributed by atoms with Crippen LogP contribution in [0.2, 0.25) is 0 Å². The van der Waals surface area contributed by atoms with E-state index in [2.05, 4.69) is 106 Å². The maximum absolute atomic E-state index is 9.53. The summed E-state index contributed by atoms with van der Waals surface area (Å²) < 4.78 is 2.25. The van der Waals surface area contributed by atoms with Crippen LogP contribution in [-0.2, 0) is 5.41 Å². The molecular formula is C36H42N4. The third kappa shape index (κ3) is 4.56. The minimum atomic E-state index is 0.0322. The van der Waals surface area contributed by atoms with Crippen LogP contribution in [0.15, 0.2) is 48.5 Å². The molecular weight excluding hydrogens is 488 g/mol. The maximum Gasteiger partial charge on any atom is 0.168 e. The quantitative estimate of drug-likeness (QED) is 0.239. The summed E-state index contributed by atoms with van der Waals surface area (Å²) in [5.41, 5.74) is 11.5. The van der Waals surface area contributed by atoms with Gasteiger partial charge in [0.15, 0.2) is 5.82 Å². The highest BCUT2D eigenvalue weighted by molar-refractivity contribution is 5.73. The van der Waals surface area contributed by atoms with Crippen molar-refractivity contribution in [3.63, 3.8) is 0 Å². The van der Waals surface area contributed by atoms with Gasteiger partial charge in [0.1, 0.15) is 5.82 Å². The van der Waals surface area contributed by atoms with Crippen LogP contribution in [0.1, 0.15) is 86.2 Å². The van der Waals surface area contributed by atoms with E-state index in [1.165, 1.54) is 41.5 Å². The Balaban J connectivity index is 1.61.